The highest BCUT2D eigenvalue weighted by molar-refractivity contribution is 6.30. The molecule has 1 saturated carbocycles. The predicted octanol–water partition coefficient (Wildman–Crippen LogP) is 5.71. The van der Waals surface area contributed by atoms with Gasteiger partial charge in [-0.1, -0.05) is 49.1 Å². The van der Waals surface area contributed by atoms with Crippen LogP contribution in [0.25, 0.3) is 16.9 Å². The van der Waals surface area contributed by atoms with Crippen LogP contribution in [0.5, 0.6) is 0 Å². The number of anilines is 1. The summed E-state index contributed by atoms with van der Waals surface area (Å²) in [6.07, 6.45) is 6.42. The second-order valence-corrected chi connectivity index (χ2v) is 7.10. The highest BCUT2D eigenvalue weighted by Crippen LogP contribution is 2.33. The molecule has 0 atom stereocenters. The smallest absolute Gasteiger partial charge is 0.139 e. The lowest BCUT2D eigenvalue weighted by Gasteiger charge is -2.24. The van der Waals surface area contributed by atoms with Gasteiger partial charge in [0.2, 0.25) is 0 Å². The third kappa shape index (κ3) is 2.89. The minimum absolute atomic E-state index is 0.524. The third-order valence-corrected chi connectivity index (χ3v) is 5.12. The number of aromatic nitrogens is 2. The van der Waals surface area contributed by atoms with E-state index >= 15 is 0 Å². The van der Waals surface area contributed by atoms with Gasteiger partial charge in [-0.25, -0.2) is 4.98 Å². The highest BCUT2D eigenvalue weighted by atomic mass is 35.5. The Hall–Kier alpha value is -2.00. The zero-order chi connectivity index (χ0) is 16.5. The molecular weight excluding hydrogens is 318 g/mol. The van der Waals surface area contributed by atoms with Gasteiger partial charge >= 0.3 is 0 Å². The van der Waals surface area contributed by atoms with E-state index in [1.807, 2.05) is 18.2 Å². The molecule has 0 radical (unpaired) electrons. The Balaban J connectivity index is 1.85. The maximum Gasteiger partial charge on any atom is 0.139 e. The highest BCUT2D eigenvalue weighted by Gasteiger charge is 2.20. The van der Waals surface area contributed by atoms with Gasteiger partial charge in [0.15, 0.2) is 0 Å². The summed E-state index contributed by atoms with van der Waals surface area (Å²) in [4.78, 5) is 4.89. The molecule has 1 aromatic carbocycles. The maximum atomic E-state index is 6.21. The molecule has 3 nitrogen and oxygen atoms in total. The van der Waals surface area contributed by atoms with Crippen LogP contribution in [0.2, 0.25) is 5.02 Å². The SMILES string of the molecule is Cc1cccc2nc(-c3cccc(Cl)c3)c(NC3CCCCC3)n12. The first-order chi connectivity index (χ1) is 11.7. The molecule has 2 heterocycles. The van der Waals surface area contributed by atoms with Crippen molar-refractivity contribution in [3.63, 3.8) is 0 Å². The fourth-order valence-corrected chi connectivity index (χ4v) is 3.86. The summed E-state index contributed by atoms with van der Waals surface area (Å²) in [6.45, 7) is 2.13. The van der Waals surface area contributed by atoms with Crippen LogP contribution in [0.15, 0.2) is 42.5 Å². The number of aryl methyl sites for hydroxylation is 1. The van der Waals surface area contributed by atoms with Crippen molar-refractivity contribution in [2.75, 3.05) is 5.32 Å². The van der Waals surface area contributed by atoms with Crippen molar-refractivity contribution in [3.8, 4) is 11.3 Å². The second-order valence-electron chi connectivity index (χ2n) is 6.66. The Morgan fingerprint density at radius 2 is 1.88 bits per heavy atom. The fraction of sp³-hybridized carbons (Fsp3) is 0.350. The van der Waals surface area contributed by atoms with Crippen LogP contribution in [-0.4, -0.2) is 15.4 Å². The molecular formula is C20H22ClN3. The van der Waals surface area contributed by atoms with E-state index in [0.717, 1.165) is 27.7 Å². The van der Waals surface area contributed by atoms with E-state index in [2.05, 4.69) is 40.9 Å². The van der Waals surface area contributed by atoms with Gasteiger partial charge in [-0.05, 0) is 44.0 Å². The van der Waals surface area contributed by atoms with E-state index in [9.17, 15) is 0 Å². The molecule has 0 bridgehead atoms. The third-order valence-electron chi connectivity index (χ3n) is 4.88. The Labute approximate surface area is 147 Å². The zero-order valence-electron chi connectivity index (χ0n) is 13.9. The Morgan fingerprint density at radius 1 is 1.08 bits per heavy atom. The average Bonchev–Trinajstić information content (AvgIpc) is 2.96. The van der Waals surface area contributed by atoms with Gasteiger partial charge in [0.05, 0.1) is 0 Å². The summed E-state index contributed by atoms with van der Waals surface area (Å²) >= 11 is 6.21. The molecule has 4 heteroatoms. The summed E-state index contributed by atoms with van der Waals surface area (Å²) in [5.74, 6) is 1.09. The molecule has 1 aliphatic rings. The second kappa shape index (κ2) is 6.48. The van der Waals surface area contributed by atoms with Crippen molar-refractivity contribution in [1.29, 1.82) is 0 Å². The van der Waals surface area contributed by atoms with E-state index in [0.29, 0.717) is 6.04 Å². The quantitative estimate of drug-likeness (QED) is 0.662. The van der Waals surface area contributed by atoms with E-state index < -0.39 is 0 Å². The van der Waals surface area contributed by atoms with E-state index in [-0.39, 0.29) is 0 Å². The van der Waals surface area contributed by atoms with E-state index in [4.69, 9.17) is 16.6 Å². The van der Waals surface area contributed by atoms with E-state index in [1.54, 1.807) is 0 Å². The molecule has 1 aliphatic carbocycles. The fourth-order valence-electron chi connectivity index (χ4n) is 3.66. The standard InChI is InChI=1S/C20H22ClN3/c1-14-7-5-12-18-23-19(15-8-6-9-16(21)13-15)20(24(14)18)22-17-10-3-2-4-11-17/h5-9,12-13,17,22H,2-4,10-11H2,1H3. The van der Waals surface area contributed by atoms with Gasteiger partial charge in [0.1, 0.15) is 17.2 Å². The lowest BCUT2D eigenvalue weighted by atomic mass is 9.95. The van der Waals surface area contributed by atoms with Crippen molar-refractivity contribution < 1.29 is 0 Å². The first kappa shape index (κ1) is 15.5. The Morgan fingerprint density at radius 3 is 2.67 bits per heavy atom. The molecule has 1 fully saturated rings. The number of nitrogens with one attached hydrogen (secondary N) is 1. The number of benzene rings is 1. The normalized spacial score (nSPS) is 15.8. The number of hydrogen-bond donors (Lipinski definition) is 1. The molecule has 0 spiro atoms. The Kier molecular flexibility index (Phi) is 4.19. The van der Waals surface area contributed by atoms with Crippen LogP contribution >= 0.6 is 11.6 Å². The van der Waals surface area contributed by atoms with Gasteiger partial charge in [-0.15, -0.1) is 0 Å². The molecule has 0 aliphatic heterocycles. The number of nitrogens with zero attached hydrogens (tertiary/aromatic N) is 2. The predicted molar refractivity (Wildman–Crippen MR) is 101 cm³/mol. The topological polar surface area (TPSA) is 29.3 Å². The van der Waals surface area contributed by atoms with Crippen molar-refractivity contribution in [2.45, 2.75) is 45.1 Å². The van der Waals surface area contributed by atoms with Crippen molar-refractivity contribution in [1.82, 2.24) is 9.38 Å². The van der Waals surface area contributed by atoms with Crippen molar-refractivity contribution in [2.24, 2.45) is 0 Å². The largest absolute Gasteiger partial charge is 0.367 e. The molecule has 4 rings (SSSR count). The Bertz CT molecular complexity index is 862. The molecule has 0 saturated heterocycles. The number of pyridine rings is 1. The van der Waals surface area contributed by atoms with Crippen LogP contribution in [0.1, 0.15) is 37.8 Å². The van der Waals surface area contributed by atoms with Crippen LogP contribution in [0.3, 0.4) is 0 Å². The number of rotatable bonds is 3. The van der Waals surface area contributed by atoms with Crippen LogP contribution in [-0.2, 0) is 0 Å². The number of hydrogen-bond acceptors (Lipinski definition) is 2. The summed E-state index contributed by atoms with van der Waals surface area (Å²) in [7, 11) is 0. The zero-order valence-corrected chi connectivity index (χ0v) is 14.7. The number of halogens is 1. The van der Waals surface area contributed by atoms with Crippen LogP contribution in [0, 0.1) is 6.92 Å². The number of fused-ring (bicyclic) bond motifs is 1. The first-order valence-electron chi connectivity index (χ1n) is 8.73. The first-order valence-corrected chi connectivity index (χ1v) is 9.11. The maximum absolute atomic E-state index is 6.21. The minimum Gasteiger partial charge on any atom is -0.367 e. The van der Waals surface area contributed by atoms with Gasteiger partial charge in [-0.2, -0.15) is 0 Å². The summed E-state index contributed by atoms with van der Waals surface area (Å²) in [5.41, 5.74) is 4.20. The van der Waals surface area contributed by atoms with Gasteiger partial charge in [0.25, 0.3) is 0 Å². The minimum atomic E-state index is 0.524. The molecule has 2 aromatic heterocycles. The average molecular weight is 340 g/mol. The van der Waals surface area contributed by atoms with Crippen molar-refractivity contribution >= 4 is 23.1 Å². The lowest BCUT2D eigenvalue weighted by molar-refractivity contribution is 0.461. The number of imidazole rings is 1. The molecule has 24 heavy (non-hydrogen) atoms. The van der Waals surface area contributed by atoms with Crippen LogP contribution < -0.4 is 5.32 Å². The molecule has 1 N–H and O–H groups in total. The molecule has 0 amide bonds. The summed E-state index contributed by atoms with van der Waals surface area (Å²) < 4.78 is 2.23. The van der Waals surface area contributed by atoms with Gasteiger partial charge < -0.3 is 5.32 Å². The van der Waals surface area contributed by atoms with Gasteiger partial charge in [-0.3, -0.25) is 4.40 Å². The van der Waals surface area contributed by atoms with Gasteiger partial charge in [0, 0.05) is 22.3 Å². The summed E-state index contributed by atoms with van der Waals surface area (Å²) in [6, 6.07) is 14.7. The lowest BCUT2D eigenvalue weighted by Crippen LogP contribution is -2.23. The van der Waals surface area contributed by atoms with Crippen LogP contribution in [0.4, 0.5) is 5.82 Å². The summed E-state index contributed by atoms with van der Waals surface area (Å²) in [5, 5.41) is 4.53. The molecule has 3 aromatic rings. The molecule has 124 valence electrons. The van der Waals surface area contributed by atoms with Crippen molar-refractivity contribution in [3.05, 3.63) is 53.2 Å². The molecule has 0 unspecified atom stereocenters. The monoisotopic (exact) mass is 339 g/mol. The van der Waals surface area contributed by atoms with E-state index in [1.165, 1.54) is 37.8 Å².